The minimum absolute atomic E-state index is 0.135. The predicted molar refractivity (Wildman–Crippen MR) is 80.9 cm³/mol. The summed E-state index contributed by atoms with van der Waals surface area (Å²) in [5.74, 6) is -0.713. The van der Waals surface area contributed by atoms with E-state index in [2.05, 4.69) is 4.90 Å². The standard InChI is InChI=1S/C14H22FN3O2S/c1-17(2)14(8-5-9-14)10-18(3)21(19,20)12-7-4-6-11(15)13(12)16/h4,6-7H,5,8-10,16H2,1-3H3. The molecule has 1 aromatic rings. The van der Waals surface area contributed by atoms with Gasteiger partial charge in [0.1, 0.15) is 10.7 Å². The molecule has 0 unspecified atom stereocenters. The Hall–Kier alpha value is -1.18. The van der Waals surface area contributed by atoms with E-state index in [1.807, 2.05) is 14.1 Å². The van der Waals surface area contributed by atoms with Crippen molar-refractivity contribution < 1.29 is 12.8 Å². The van der Waals surface area contributed by atoms with Gasteiger partial charge in [0.25, 0.3) is 0 Å². The highest BCUT2D eigenvalue weighted by atomic mass is 32.2. The van der Waals surface area contributed by atoms with Gasteiger partial charge in [-0.2, -0.15) is 4.31 Å². The molecule has 0 radical (unpaired) electrons. The van der Waals surface area contributed by atoms with Crippen molar-refractivity contribution in [2.75, 3.05) is 33.4 Å². The van der Waals surface area contributed by atoms with Crippen LogP contribution in [-0.2, 0) is 10.0 Å². The van der Waals surface area contributed by atoms with Gasteiger partial charge in [0, 0.05) is 19.1 Å². The van der Waals surface area contributed by atoms with E-state index in [1.165, 1.54) is 23.5 Å². The molecule has 0 heterocycles. The normalized spacial score (nSPS) is 18.0. The lowest BCUT2D eigenvalue weighted by atomic mass is 9.75. The quantitative estimate of drug-likeness (QED) is 0.837. The summed E-state index contributed by atoms with van der Waals surface area (Å²) in [4.78, 5) is 1.90. The number of halogens is 1. The maximum atomic E-state index is 13.5. The van der Waals surface area contributed by atoms with E-state index in [0.29, 0.717) is 6.54 Å². The van der Waals surface area contributed by atoms with Gasteiger partial charge in [-0.25, -0.2) is 12.8 Å². The highest BCUT2D eigenvalue weighted by Gasteiger charge is 2.42. The lowest BCUT2D eigenvalue weighted by molar-refractivity contribution is 0.0455. The van der Waals surface area contributed by atoms with Crippen molar-refractivity contribution in [3.05, 3.63) is 24.0 Å². The number of hydrogen-bond donors (Lipinski definition) is 1. The van der Waals surface area contributed by atoms with Gasteiger partial charge in [-0.1, -0.05) is 6.07 Å². The Kier molecular flexibility index (Phi) is 4.28. The zero-order valence-electron chi connectivity index (χ0n) is 12.6. The van der Waals surface area contributed by atoms with Crippen LogP contribution in [0.1, 0.15) is 19.3 Å². The molecule has 1 aromatic carbocycles. The molecule has 1 aliphatic rings. The Balaban J connectivity index is 2.29. The second-order valence-corrected chi connectivity index (χ2v) is 7.90. The van der Waals surface area contributed by atoms with Gasteiger partial charge in [-0.3, -0.25) is 0 Å². The van der Waals surface area contributed by atoms with Crippen LogP contribution in [0.2, 0.25) is 0 Å². The van der Waals surface area contributed by atoms with Gasteiger partial charge >= 0.3 is 0 Å². The third kappa shape index (κ3) is 2.77. The van der Waals surface area contributed by atoms with Gasteiger partial charge in [-0.15, -0.1) is 0 Å². The fourth-order valence-electron chi connectivity index (χ4n) is 2.74. The molecule has 0 saturated heterocycles. The van der Waals surface area contributed by atoms with Crippen LogP contribution in [0.25, 0.3) is 0 Å². The summed E-state index contributed by atoms with van der Waals surface area (Å²) in [7, 11) is 1.63. The van der Waals surface area contributed by atoms with Crippen LogP contribution in [0.5, 0.6) is 0 Å². The first-order valence-electron chi connectivity index (χ1n) is 6.88. The van der Waals surface area contributed by atoms with Gasteiger partial charge in [0.05, 0.1) is 5.69 Å². The monoisotopic (exact) mass is 315 g/mol. The molecule has 0 aliphatic heterocycles. The molecular weight excluding hydrogens is 293 g/mol. The first kappa shape index (κ1) is 16.2. The number of hydrogen-bond acceptors (Lipinski definition) is 4. The second-order valence-electron chi connectivity index (χ2n) is 5.89. The number of likely N-dealkylation sites (N-methyl/N-ethyl adjacent to an activating group) is 2. The summed E-state index contributed by atoms with van der Waals surface area (Å²) in [6.07, 6.45) is 3.01. The number of nitrogens with two attached hydrogens (primary N) is 1. The minimum atomic E-state index is -3.79. The van der Waals surface area contributed by atoms with Crippen molar-refractivity contribution in [1.82, 2.24) is 9.21 Å². The molecule has 1 saturated carbocycles. The Morgan fingerprint density at radius 1 is 1.29 bits per heavy atom. The van der Waals surface area contributed by atoms with E-state index in [0.717, 1.165) is 25.3 Å². The van der Waals surface area contributed by atoms with Crippen LogP contribution in [0.4, 0.5) is 10.1 Å². The smallest absolute Gasteiger partial charge is 0.245 e. The molecule has 1 aliphatic carbocycles. The molecule has 0 aromatic heterocycles. The summed E-state index contributed by atoms with van der Waals surface area (Å²) in [6, 6.07) is 3.85. The van der Waals surface area contributed by atoms with E-state index < -0.39 is 15.8 Å². The van der Waals surface area contributed by atoms with E-state index >= 15 is 0 Å². The van der Waals surface area contributed by atoms with Crippen LogP contribution in [0.3, 0.4) is 0 Å². The fourth-order valence-corrected chi connectivity index (χ4v) is 4.11. The molecule has 0 bridgehead atoms. The topological polar surface area (TPSA) is 66.6 Å². The summed E-state index contributed by atoms with van der Waals surface area (Å²) in [5, 5.41) is 0. The van der Waals surface area contributed by atoms with Crippen molar-refractivity contribution in [2.24, 2.45) is 0 Å². The zero-order valence-corrected chi connectivity index (χ0v) is 13.5. The minimum Gasteiger partial charge on any atom is -0.395 e. The van der Waals surface area contributed by atoms with Crippen molar-refractivity contribution in [2.45, 2.75) is 29.7 Å². The van der Waals surface area contributed by atoms with Crippen LogP contribution in [0.15, 0.2) is 23.1 Å². The van der Waals surface area contributed by atoms with Crippen LogP contribution >= 0.6 is 0 Å². The van der Waals surface area contributed by atoms with E-state index in [4.69, 9.17) is 5.73 Å². The van der Waals surface area contributed by atoms with E-state index in [9.17, 15) is 12.8 Å². The first-order valence-corrected chi connectivity index (χ1v) is 8.32. The second kappa shape index (κ2) is 5.55. The number of nitrogen functional groups attached to an aromatic ring is 1. The maximum absolute atomic E-state index is 13.5. The van der Waals surface area contributed by atoms with Gasteiger partial charge in [-0.05, 0) is 45.5 Å². The van der Waals surface area contributed by atoms with Gasteiger partial charge in [0.15, 0.2) is 0 Å². The third-order valence-electron chi connectivity index (χ3n) is 4.45. The van der Waals surface area contributed by atoms with Crippen LogP contribution < -0.4 is 5.73 Å². The average molecular weight is 315 g/mol. The molecule has 2 rings (SSSR count). The molecule has 21 heavy (non-hydrogen) atoms. The maximum Gasteiger partial charge on any atom is 0.245 e. The van der Waals surface area contributed by atoms with Crippen LogP contribution in [0, 0.1) is 5.82 Å². The average Bonchev–Trinajstić information content (AvgIpc) is 2.35. The summed E-state index contributed by atoms with van der Waals surface area (Å²) < 4.78 is 40.0. The fraction of sp³-hybridized carbons (Fsp3) is 0.571. The Morgan fingerprint density at radius 3 is 2.38 bits per heavy atom. The SMILES string of the molecule is CN(C)C1(CN(C)S(=O)(=O)c2cccc(F)c2N)CCC1. The number of benzene rings is 1. The summed E-state index contributed by atoms with van der Waals surface area (Å²) in [6.45, 7) is 0.373. The van der Waals surface area contributed by atoms with Crippen molar-refractivity contribution in [3.8, 4) is 0 Å². The van der Waals surface area contributed by atoms with Crippen molar-refractivity contribution >= 4 is 15.7 Å². The number of para-hydroxylation sites is 1. The molecule has 0 amide bonds. The predicted octanol–water partition coefficient (Wildman–Crippen LogP) is 1.51. The molecule has 2 N–H and O–H groups in total. The first-order chi connectivity index (χ1) is 9.70. The highest BCUT2D eigenvalue weighted by molar-refractivity contribution is 7.89. The molecule has 7 heteroatoms. The van der Waals surface area contributed by atoms with Gasteiger partial charge in [0.2, 0.25) is 10.0 Å². The molecule has 118 valence electrons. The lowest BCUT2D eigenvalue weighted by Gasteiger charge is -2.48. The summed E-state index contributed by atoms with van der Waals surface area (Å²) >= 11 is 0. The summed E-state index contributed by atoms with van der Waals surface area (Å²) in [5.41, 5.74) is 5.13. The van der Waals surface area contributed by atoms with Crippen LogP contribution in [-0.4, -0.2) is 50.8 Å². The Morgan fingerprint density at radius 2 is 1.90 bits per heavy atom. The number of sulfonamides is 1. The van der Waals surface area contributed by atoms with E-state index in [-0.39, 0.29) is 16.1 Å². The zero-order chi connectivity index (χ0) is 15.8. The Bertz CT molecular complexity index is 627. The number of rotatable bonds is 5. The van der Waals surface area contributed by atoms with Crippen molar-refractivity contribution in [1.29, 1.82) is 0 Å². The number of anilines is 1. The number of nitrogens with zero attached hydrogens (tertiary/aromatic N) is 2. The lowest BCUT2D eigenvalue weighted by Crippen LogP contribution is -2.57. The van der Waals surface area contributed by atoms with Crippen molar-refractivity contribution in [3.63, 3.8) is 0 Å². The molecule has 0 atom stereocenters. The van der Waals surface area contributed by atoms with Gasteiger partial charge < -0.3 is 10.6 Å². The van der Waals surface area contributed by atoms with E-state index in [1.54, 1.807) is 0 Å². The Labute approximate surface area is 125 Å². The third-order valence-corrected chi connectivity index (χ3v) is 6.31. The molecule has 0 spiro atoms. The molecular formula is C14H22FN3O2S. The highest BCUT2D eigenvalue weighted by Crippen LogP contribution is 2.37. The largest absolute Gasteiger partial charge is 0.395 e. The molecule has 1 fully saturated rings. The molecule has 5 nitrogen and oxygen atoms in total.